The van der Waals surface area contributed by atoms with Crippen molar-refractivity contribution in [2.75, 3.05) is 0 Å². The van der Waals surface area contributed by atoms with Crippen molar-refractivity contribution in [2.24, 2.45) is 0 Å². The maximum absolute atomic E-state index is 8.85. The molecule has 2 aromatic carbocycles. The van der Waals surface area contributed by atoms with Crippen LogP contribution in [0.5, 0.6) is 0 Å². The van der Waals surface area contributed by atoms with E-state index >= 15 is 0 Å². The first-order chi connectivity index (χ1) is 8.29. The average Bonchev–Trinajstić information content (AvgIpc) is 2.67. The Morgan fingerprint density at radius 1 is 1.18 bits per heavy atom. The average molecular weight is 221 g/mol. The summed E-state index contributed by atoms with van der Waals surface area (Å²) in [6.45, 7) is 2.04. The van der Waals surface area contributed by atoms with Gasteiger partial charge in [0, 0.05) is 10.8 Å². The van der Waals surface area contributed by atoms with Crippen molar-refractivity contribution in [1.29, 1.82) is 5.26 Å². The van der Waals surface area contributed by atoms with Crippen molar-refractivity contribution in [2.45, 2.75) is 13.3 Å². The van der Waals surface area contributed by atoms with E-state index < -0.39 is 0 Å². The zero-order valence-electron chi connectivity index (χ0n) is 9.53. The molecule has 17 heavy (non-hydrogen) atoms. The maximum Gasteiger partial charge on any atom is 0.135 e. The van der Waals surface area contributed by atoms with Crippen LogP contribution in [0, 0.1) is 18.3 Å². The van der Waals surface area contributed by atoms with E-state index in [9.17, 15) is 0 Å². The van der Waals surface area contributed by atoms with Crippen molar-refractivity contribution in [3.05, 3.63) is 47.5 Å². The van der Waals surface area contributed by atoms with Gasteiger partial charge in [-0.2, -0.15) is 5.26 Å². The van der Waals surface area contributed by atoms with Crippen molar-refractivity contribution >= 4 is 21.9 Å². The van der Waals surface area contributed by atoms with Gasteiger partial charge in [-0.05, 0) is 30.2 Å². The molecule has 2 heteroatoms. The number of benzene rings is 2. The highest BCUT2D eigenvalue weighted by Gasteiger charge is 2.10. The van der Waals surface area contributed by atoms with E-state index in [-0.39, 0.29) is 0 Å². The van der Waals surface area contributed by atoms with Crippen LogP contribution in [0.3, 0.4) is 0 Å². The number of aryl methyl sites for hydroxylation is 1. The van der Waals surface area contributed by atoms with Gasteiger partial charge in [0.1, 0.15) is 11.2 Å². The minimum atomic E-state index is 0.417. The number of hydrogen-bond donors (Lipinski definition) is 0. The fourth-order valence-electron chi connectivity index (χ4n) is 2.24. The molecule has 0 aliphatic heterocycles. The SMILES string of the molecule is Cc1ccc2c(c1)oc1cccc(CC#N)c12. The van der Waals surface area contributed by atoms with Crippen molar-refractivity contribution in [3.8, 4) is 6.07 Å². The smallest absolute Gasteiger partial charge is 0.135 e. The molecule has 0 saturated carbocycles. The van der Waals surface area contributed by atoms with Crippen LogP contribution in [-0.2, 0) is 6.42 Å². The first kappa shape index (κ1) is 9.92. The summed E-state index contributed by atoms with van der Waals surface area (Å²) in [5.41, 5.74) is 3.97. The second-order valence-corrected chi connectivity index (χ2v) is 4.23. The van der Waals surface area contributed by atoms with E-state index in [1.54, 1.807) is 0 Å². The van der Waals surface area contributed by atoms with Gasteiger partial charge in [0.15, 0.2) is 0 Å². The van der Waals surface area contributed by atoms with Gasteiger partial charge >= 0.3 is 0 Å². The Balaban J connectivity index is 2.46. The van der Waals surface area contributed by atoms with Gasteiger partial charge in [0.25, 0.3) is 0 Å². The molecule has 0 fully saturated rings. The highest BCUT2D eigenvalue weighted by Crippen LogP contribution is 2.31. The van der Waals surface area contributed by atoms with Crippen LogP contribution in [0.25, 0.3) is 21.9 Å². The maximum atomic E-state index is 8.85. The highest BCUT2D eigenvalue weighted by molar-refractivity contribution is 6.06. The summed E-state index contributed by atoms with van der Waals surface area (Å²) < 4.78 is 5.81. The van der Waals surface area contributed by atoms with E-state index in [4.69, 9.17) is 9.68 Å². The summed E-state index contributed by atoms with van der Waals surface area (Å²) >= 11 is 0. The summed E-state index contributed by atoms with van der Waals surface area (Å²) in [5.74, 6) is 0. The largest absolute Gasteiger partial charge is 0.456 e. The summed E-state index contributed by atoms with van der Waals surface area (Å²) in [6, 6.07) is 14.2. The molecule has 0 spiro atoms. The third-order valence-electron chi connectivity index (χ3n) is 3.01. The minimum absolute atomic E-state index is 0.417. The molecule has 3 rings (SSSR count). The molecule has 0 N–H and O–H groups in total. The molecule has 0 aliphatic rings. The summed E-state index contributed by atoms with van der Waals surface area (Å²) in [6.07, 6.45) is 0.417. The minimum Gasteiger partial charge on any atom is -0.456 e. The Bertz CT molecular complexity index is 747. The summed E-state index contributed by atoms with van der Waals surface area (Å²) in [4.78, 5) is 0. The Hall–Kier alpha value is -2.27. The fraction of sp³-hybridized carbons (Fsp3) is 0.133. The molecule has 1 heterocycles. The van der Waals surface area contributed by atoms with Gasteiger partial charge in [0.05, 0.1) is 12.5 Å². The quantitative estimate of drug-likeness (QED) is 0.623. The molecule has 82 valence electrons. The topological polar surface area (TPSA) is 36.9 Å². The molecular weight excluding hydrogens is 210 g/mol. The van der Waals surface area contributed by atoms with Gasteiger partial charge in [-0.25, -0.2) is 0 Å². The monoisotopic (exact) mass is 221 g/mol. The lowest BCUT2D eigenvalue weighted by Crippen LogP contribution is -1.82. The molecule has 0 saturated heterocycles. The third-order valence-corrected chi connectivity index (χ3v) is 3.01. The van der Waals surface area contributed by atoms with Gasteiger partial charge in [-0.3, -0.25) is 0 Å². The third kappa shape index (κ3) is 1.48. The number of nitrogens with zero attached hydrogens (tertiary/aromatic N) is 1. The number of rotatable bonds is 1. The van der Waals surface area contributed by atoms with Gasteiger partial charge in [0.2, 0.25) is 0 Å². The summed E-state index contributed by atoms with van der Waals surface area (Å²) in [5, 5.41) is 11.0. The lowest BCUT2D eigenvalue weighted by Gasteiger charge is -1.97. The van der Waals surface area contributed by atoms with Gasteiger partial charge in [-0.15, -0.1) is 0 Å². The van der Waals surface area contributed by atoms with E-state index in [1.165, 1.54) is 5.56 Å². The highest BCUT2D eigenvalue weighted by atomic mass is 16.3. The van der Waals surface area contributed by atoms with E-state index in [0.717, 1.165) is 27.5 Å². The number of fused-ring (bicyclic) bond motifs is 3. The Kier molecular flexibility index (Phi) is 2.12. The second-order valence-electron chi connectivity index (χ2n) is 4.23. The van der Waals surface area contributed by atoms with E-state index in [2.05, 4.69) is 18.2 Å². The van der Waals surface area contributed by atoms with Gasteiger partial charge < -0.3 is 4.42 Å². The molecule has 1 aromatic heterocycles. The lowest BCUT2D eigenvalue weighted by atomic mass is 10.0. The fourth-order valence-corrected chi connectivity index (χ4v) is 2.24. The number of hydrogen-bond acceptors (Lipinski definition) is 2. The normalized spacial score (nSPS) is 10.8. The van der Waals surface area contributed by atoms with Crippen LogP contribution in [0.2, 0.25) is 0 Å². The van der Waals surface area contributed by atoms with Crippen molar-refractivity contribution in [3.63, 3.8) is 0 Å². The molecule has 0 bridgehead atoms. The van der Waals surface area contributed by atoms with E-state index in [1.807, 2.05) is 31.2 Å². The zero-order valence-corrected chi connectivity index (χ0v) is 9.53. The molecule has 0 amide bonds. The molecule has 3 aromatic rings. The zero-order chi connectivity index (χ0) is 11.8. The molecule has 0 radical (unpaired) electrons. The lowest BCUT2D eigenvalue weighted by molar-refractivity contribution is 0.668. The van der Waals surface area contributed by atoms with Crippen LogP contribution in [0.15, 0.2) is 40.8 Å². The van der Waals surface area contributed by atoms with Crippen molar-refractivity contribution in [1.82, 2.24) is 0 Å². The first-order valence-corrected chi connectivity index (χ1v) is 5.57. The molecule has 2 nitrogen and oxygen atoms in total. The molecular formula is C15H11NO. The summed E-state index contributed by atoms with van der Waals surface area (Å²) in [7, 11) is 0. The molecule has 0 unspecified atom stereocenters. The second kappa shape index (κ2) is 3.64. The predicted octanol–water partition coefficient (Wildman–Crippen LogP) is 3.96. The van der Waals surface area contributed by atoms with Crippen molar-refractivity contribution < 1.29 is 4.42 Å². The standard InChI is InChI=1S/C15H11NO/c1-10-5-6-12-14(9-10)17-13-4-2-3-11(7-8-16)15(12)13/h2-6,9H,7H2,1H3. The van der Waals surface area contributed by atoms with Crippen LogP contribution >= 0.6 is 0 Å². The van der Waals surface area contributed by atoms with Crippen LogP contribution in [0.4, 0.5) is 0 Å². The predicted molar refractivity (Wildman–Crippen MR) is 67.8 cm³/mol. The first-order valence-electron chi connectivity index (χ1n) is 5.57. The van der Waals surface area contributed by atoms with Crippen LogP contribution < -0.4 is 0 Å². The Morgan fingerprint density at radius 2 is 2.06 bits per heavy atom. The van der Waals surface area contributed by atoms with Crippen LogP contribution in [-0.4, -0.2) is 0 Å². The Labute approximate surface area is 99.1 Å². The van der Waals surface area contributed by atoms with Gasteiger partial charge in [-0.1, -0.05) is 24.3 Å². The van der Waals surface area contributed by atoms with Crippen LogP contribution in [0.1, 0.15) is 11.1 Å². The molecule has 0 aliphatic carbocycles. The van der Waals surface area contributed by atoms with E-state index in [0.29, 0.717) is 6.42 Å². The number of furan rings is 1. The molecule has 0 atom stereocenters. The number of nitriles is 1. The Morgan fingerprint density at radius 3 is 2.88 bits per heavy atom.